The van der Waals surface area contributed by atoms with Crippen LogP contribution in [0.25, 0.3) is 0 Å². The molecule has 1 aliphatic rings. The van der Waals surface area contributed by atoms with Crippen LogP contribution >= 0.6 is 0 Å². The number of ketones is 1. The number of carbonyl (C=O) groups is 1. The van der Waals surface area contributed by atoms with Crippen molar-refractivity contribution in [1.29, 1.82) is 0 Å². The molecule has 2 rings (SSSR count). The molecule has 1 saturated carbocycles. The van der Waals surface area contributed by atoms with Gasteiger partial charge in [0.1, 0.15) is 5.78 Å². The van der Waals surface area contributed by atoms with Crippen molar-refractivity contribution in [3.05, 3.63) is 30.3 Å². The van der Waals surface area contributed by atoms with Gasteiger partial charge in [-0.05, 0) is 70.3 Å². The first-order chi connectivity index (χ1) is 10.4. The van der Waals surface area contributed by atoms with E-state index in [1.807, 2.05) is 6.07 Å². The van der Waals surface area contributed by atoms with Gasteiger partial charge in [0.15, 0.2) is 8.24 Å². The minimum absolute atomic E-state index is 0.318. The summed E-state index contributed by atoms with van der Waals surface area (Å²) in [5.74, 6) is 0.881. The predicted octanol–water partition coefficient (Wildman–Crippen LogP) is 4.85. The molecule has 0 bridgehead atoms. The third-order valence-corrected chi connectivity index (χ3v) is 5.77. The fourth-order valence-corrected chi connectivity index (χ4v) is 4.39. The minimum atomic E-state index is -1.56. The first kappa shape index (κ1) is 16.9. The van der Waals surface area contributed by atoms with Crippen molar-refractivity contribution < 1.29 is 4.79 Å². The summed E-state index contributed by atoms with van der Waals surface area (Å²) in [7, 11) is -1.56. The lowest BCUT2D eigenvalue weighted by molar-refractivity contribution is -0.118. The number of hydrogen-bond donors (Lipinski definition) is 0. The number of hydrazone groups is 1. The molecule has 0 unspecified atom stereocenters. The maximum atomic E-state index is 11.3. The molecule has 0 radical (unpaired) electrons. The van der Waals surface area contributed by atoms with Crippen molar-refractivity contribution in [2.24, 2.45) is 11.0 Å². The second-order valence-electron chi connectivity index (χ2n) is 7.33. The Morgan fingerprint density at radius 2 is 1.77 bits per heavy atom. The van der Waals surface area contributed by atoms with Gasteiger partial charge in [0, 0.05) is 17.8 Å². The van der Waals surface area contributed by atoms with Crippen molar-refractivity contribution in [2.45, 2.75) is 58.7 Å². The topological polar surface area (TPSA) is 32.7 Å². The zero-order valence-corrected chi connectivity index (χ0v) is 15.3. The van der Waals surface area contributed by atoms with E-state index in [2.05, 4.69) is 48.6 Å². The molecule has 0 aliphatic heterocycles. The lowest BCUT2D eigenvalue weighted by Crippen LogP contribution is -2.43. The Labute approximate surface area is 135 Å². The normalized spacial score (nSPS) is 18.9. The highest BCUT2D eigenvalue weighted by Gasteiger charge is 2.26. The molecule has 0 heterocycles. The number of anilines is 1. The third kappa shape index (κ3) is 4.80. The third-order valence-electron chi connectivity index (χ3n) is 4.14. The molecule has 0 N–H and O–H groups in total. The van der Waals surface area contributed by atoms with Crippen LogP contribution in [0.5, 0.6) is 0 Å². The van der Waals surface area contributed by atoms with Gasteiger partial charge in [-0.1, -0.05) is 18.2 Å². The summed E-state index contributed by atoms with van der Waals surface area (Å²) >= 11 is 0. The van der Waals surface area contributed by atoms with Gasteiger partial charge in [0.2, 0.25) is 0 Å². The molecule has 4 heteroatoms. The van der Waals surface area contributed by atoms with Crippen LogP contribution in [0.1, 0.15) is 39.0 Å². The maximum absolute atomic E-state index is 11.3. The van der Waals surface area contributed by atoms with E-state index in [0.29, 0.717) is 11.7 Å². The van der Waals surface area contributed by atoms with E-state index in [4.69, 9.17) is 5.10 Å². The zero-order valence-electron chi connectivity index (χ0n) is 14.3. The molecule has 1 fully saturated rings. The van der Waals surface area contributed by atoms with Gasteiger partial charge >= 0.3 is 0 Å². The molecule has 0 amide bonds. The van der Waals surface area contributed by atoms with E-state index in [-0.39, 0.29) is 0 Å². The number of carbonyl (C=O) groups excluding carboxylic acids is 1. The minimum Gasteiger partial charge on any atom is -0.300 e. The highest BCUT2D eigenvalue weighted by atomic mass is 28.3. The molecule has 0 saturated heterocycles. The molecule has 0 spiro atoms. The number of hydrogen-bond acceptors (Lipinski definition) is 3. The second-order valence-corrected chi connectivity index (χ2v) is 12.1. The van der Waals surface area contributed by atoms with Crippen LogP contribution in [0.15, 0.2) is 35.4 Å². The number of para-hydroxylation sites is 1. The van der Waals surface area contributed by atoms with Gasteiger partial charge in [0.05, 0.1) is 0 Å². The van der Waals surface area contributed by atoms with Gasteiger partial charge in [-0.25, -0.2) is 0 Å². The summed E-state index contributed by atoms with van der Waals surface area (Å²) in [6, 6.07) is 10.5. The summed E-state index contributed by atoms with van der Waals surface area (Å²) in [5.41, 5.74) is 2.49. The Kier molecular flexibility index (Phi) is 5.56. The average Bonchev–Trinajstić information content (AvgIpc) is 2.45. The first-order valence-corrected chi connectivity index (χ1v) is 11.7. The van der Waals surface area contributed by atoms with Gasteiger partial charge in [0.25, 0.3) is 0 Å². The van der Waals surface area contributed by atoms with Gasteiger partial charge in [-0.2, -0.15) is 5.10 Å². The molecule has 1 aromatic carbocycles. The molecule has 120 valence electrons. The molecule has 3 nitrogen and oxygen atoms in total. The Balaban J connectivity index is 2.10. The zero-order chi connectivity index (χ0) is 16.2. The van der Waals surface area contributed by atoms with Crippen molar-refractivity contribution in [2.75, 3.05) is 4.67 Å². The SMILES string of the molecule is CC(=O)CC1CCC(=NN(c2ccccc2)[Si](C)(C)C)CC1. The van der Waals surface area contributed by atoms with E-state index in [1.54, 1.807) is 6.92 Å². The number of rotatable bonds is 5. The summed E-state index contributed by atoms with van der Waals surface area (Å²) in [5, 5.41) is 5.02. The average molecular weight is 317 g/mol. The standard InChI is InChI=1S/C18H28N2OSi/c1-15(21)14-16-10-12-17(13-11-16)19-20(22(2,3)4)18-8-6-5-7-9-18/h5-9,16H,10-14H2,1-4H3. The molecule has 1 aliphatic carbocycles. The summed E-state index contributed by atoms with van der Waals surface area (Å²) in [6.45, 7) is 8.67. The van der Waals surface area contributed by atoms with Crippen molar-refractivity contribution in [1.82, 2.24) is 0 Å². The molecule has 0 aromatic heterocycles. The van der Waals surface area contributed by atoms with Crippen LogP contribution in [0.2, 0.25) is 19.6 Å². The lowest BCUT2D eigenvalue weighted by atomic mass is 9.85. The summed E-state index contributed by atoms with van der Waals surface area (Å²) in [4.78, 5) is 11.3. The van der Waals surface area contributed by atoms with Crippen LogP contribution in [0.3, 0.4) is 0 Å². The highest BCUT2D eigenvalue weighted by Crippen LogP contribution is 2.28. The van der Waals surface area contributed by atoms with Crippen molar-refractivity contribution in [3.63, 3.8) is 0 Å². The van der Waals surface area contributed by atoms with Crippen LogP contribution in [-0.4, -0.2) is 19.7 Å². The van der Waals surface area contributed by atoms with Gasteiger partial charge < -0.3 is 4.79 Å². The van der Waals surface area contributed by atoms with Crippen LogP contribution in [0, 0.1) is 5.92 Å². The monoisotopic (exact) mass is 316 g/mol. The first-order valence-electron chi connectivity index (χ1n) is 8.27. The van der Waals surface area contributed by atoms with E-state index in [9.17, 15) is 4.79 Å². The second kappa shape index (κ2) is 7.23. The number of Topliss-reactive ketones (excluding diaryl/α,β-unsaturated/α-hetero) is 1. The van der Waals surface area contributed by atoms with Gasteiger partial charge in [-0.15, -0.1) is 0 Å². The van der Waals surface area contributed by atoms with E-state index < -0.39 is 8.24 Å². The predicted molar refractivity (Wildman–Crippen MR) is 97.0 cm³/mol. The lowest BCUT2D eigenvalue weighted by Gasteiger charge is -2.33. The summed E-state index contributed by atoms with van der Waals surface area (Å²) < 4.78 is 2.27. The number of benzene rings is 1. The number of nitrogens with zero attached hydrogens (tertiary/aromatic N) is 2. The Bertz CT molecular complexity index is 524. The Morgan fingerprint density at radius 1 is 1.18 bits per heavy atom. The molecular formula is C18H28N2OSi. The van der Waals surface area contributed by atoms with Crippen LogP contribution in [0.4, 0.5) is 5.69 Å². The van der Waals surface area contributed by atoms with Crippen LogP contribution < -0.4 is 4.67 Å². The Hall–Kier alpha value is -1.42. The van der Waals surface area contributed by atoms with Gasteiger partial charge in [-0.3, -0.25) is 4.67 Å². The summed E-state index contributed by atoms with van der Waals surface area (Å²) in [6.07, 6.45) is 5.01. The van der Waals surface area contributed by atoms with E-state index in [1.165, 1.54) is 11.4 Å². The van der Waals surface area contributed by atoms with Crippen molar-refractivity contribution >= 4 is 25.4 Å². The molecule has 22 heavy (non-hydrogen) atoms. The largest absolute Gasteiger partial charge is 0.300 e. The van der Waals surface area contributed by atoms with E-state index in [0.717, 1.165) is 32.1 Å². The molecule has 1 aromatic rings. The quantitative estimate of drug-likeness (QED) is 0.574. The highest BCUT2D eigenvalue weighted by molar-refractivity contribution is 6.79. The smallest absolute Gasteiger partial charge is 0.176 e. The molecular weight excluding hydrogens is 288 g/mol. The van der Waals surface area contributed by atoms with E-state index >= 15 is 0 Å². The fourth-order valence-electron chi connectivity index (χ4n) is 3.03. The Morgan fingerprint density at radius 3 is 2.27 bits per heavy atom. The van der Waals surface area contributed by atoms with Crippen LogP contribution in [-0.2, 0) is 4.79 Å². The fraction of sp³-hybridized carbons (Fsp3) is 0.556. The van der Waals surface area contributed by atoms with Crippen molar-refractivity contribution in [3.8, 4) is 0 Å². The molecule has 0 atom stereocenters. The maximum Gasteiger partial charge on any atom is 0.176 e.